The number of pyridine rings is 1. The van der Waals surface area contributed by atoms with E-state index in [4.69, 9.17) is 4.74 Å². The van der Waals surface area contributed by atoms with E-state index in [1.54, 1.807) is 13.1 Å². The van der Waals surface area contributed by atoms with Crippen LogP contribution in [0.25, 0.3) is 0 Å². The van der Waals surface area contributed by atoms with Gasteiger partial charge < -0.3 is 14.5 Å². The van der Waals surface area contributed by atoms with Crippen LogP contribution in [0, 0.1) is 0 Å². The Kier molecular flexibility index (Phi) is 3.44. The summed E-state index contributed by atoms with van der Waals surface area (Å²) in [6.45, 7) is 8.29. The Labute approximate surface area is 118 Å². The lowest BCUT2D eigenvalue weighted by atomic mass is 10.1. The minimum Gasteiger partial charge on any atom is -0.372 e. The Balaban J connectivity index is 1.79. The lowest BCUT2D eigenvalue weighted by Crippen LogP contribution is -2.51. The molecule has 0 aliphatic carbocycles. The highest BCUT2D eigenvalue weighted by Gasteiger charge is 2.42. The van der Waals surface area contributed by atoms with Crippen molar-refractivity contribution in [2.24, 2.45) is 0 Å². The van der Waals surface area contributed by atoms with Gasteiger partial charge in [0.15, 0.2) is 0 Å². The van der Waals surface area contributed by atoms with E-state index < -0.39 is 0 Å². The molecular formula is C15H19N3O2. The van der Waals surface area contributed by atoms with Gasteiger partial charge in [0.05, 0.1) is 18.8 Å². The van der Waals surface area contributed by atoms with Gasteiger partial charge in [-0.1, -0.05) is 12.6 Å². The van der Waals surface area contributed by atoms with Crippen molar-refractivity contribution in [2.45, 2.75) is 19.1 Å². The summed E-state index contributed by atoms with van der Waals surface area (Å²) in [7, 11) is 0. The maximum Gasteiger partial charge on any atom is 0.249 e. The second-order valence-electron chi connectivity index (χ2n) is 5.35. The van der Waals surface area contributed by atoms with Gasteiger partial charge in [0.2, 0.25) is 5.91 Å². The normalized spacial score (nSPS) is 25.4. The van der Waals surface area contributed by atoms with Crippen molar-refractivity contribution in [3.8, 4) is 0 Å². The Hall–Kier alpha value is -1.88. The van der Waals surface area contributed by atoms with Gasteiger partial charge in [0.25, 0.3) is 0 Å². The average Bonchev–Trinajstić information content (AvgIpc) is 2.91. The fraction of sp³-hybridized carbons (Fsp3) is 0.467. The largest absolute Gasteiger partial charge is 0.372 e. The zero-order chi connectivity index (χ0) is 14.1. The second-order valence-corrected chi connectivity index (χ2v) is 5.35. The van der Waals surface area contributed by atoms with Crippen molar-refractivity contribution in [3.63, 3.8) is 0 Å². The monoisotopic (exact) mass is 273 g/mol. The minimum atomic E-state index is 0.0176. The number of rotatable bonds is 2. The summed E-state index contributed by atoms with van der Waals surface area (Å²) in [5.41, 5.74) is 0.577. The molecule has 1 aromatic rings. The third-order valence-corrected chi connectivity index (χ3v) is 3.90. The number of hydrogen-bond donors (Lipinski definition) is 0. The SMILES string of the molecule is C=C(C)C(=O)N1C[C@@H]2OCCN(c3ccccn3)[C@H]2C1. The third-order valence-electron chi connectivity index (χ3n) is 3.90. The highest BCUT2D eigenvalue weighted by molar-refractivity contribution is 5.92. The second kappa shape index (κ2) is 5.25. The molecule has 3 rings (SSSR count). The molecule has 2 atom stereocenters. The molecule has 2 aliphatic rings. The Bertz CT molecular complexity index is 517. The van der Waals surface area contributed by atoms with Crippen LogP contribution in [-0.4, -0.2) is 54.2 Å². The van der Waals surface area contributed by atoms with Crippen molar-refractivity contribution in [1.82, 2.24) is 9.88 Å². The summed E-state index contributed by atoms with van der Waals surface area (Å²) in [6.07, 6.45) is 1.86. The maximum atomic E-state index is 12.1. The Morgan fingerprint density at radius 1 is 1.45 bits per heavy atom. The fourth-order valence-corrected chi connectivity index (χ4v) is 2.93. The van der Waals surface area contributed by atoms with Crippen LogP contribution in [-0.2, 0) is 9.53 Å². The maximum absolute atomic E-state index is 12.1. The fourth-order valence-electron chi connectivity index (χ4n) is 2.93. The molecule has 106 valence electrons. The summed E-state index contributed by atoms with van der Waals surface area (Å²) < 4.78 is 5.82. The van der Waals surface area contributed by atoms with E-state index in [1.165, 1.54) is 0 Å². The summed E-state index contributed by atoms with van der Waals surface area (Å²) >= 11 is 0. The molecule has 2 saturated heterocycles. The molecule has 2 aliphatic heterocycles. The van der Waals surface area contributed by atoms with E-state index in [0.29, 0.717) is 25.3 Å². The van der Waals surface area contributed by atoms with Gasteiger partial charge in [-0.3, -0.25) is 4.79 Å². The van der Waals surface area contributed by atoms with Crippen LogP contribution in [0.3, 0.4) is 0 Å². The lowest BCUT2D eigenvalue weighted by molar-refractivity contribution is -0.126. The Morgan fingerprint density at radius 2 is 2.30 bits per heavy atom. The number of amides is 1. The molecule has 0 saturated carbocycles. The number of nitrogens with zero attached hydrogens (tertiary/aromatic N) is 3. The number of morpholine rings is 1. The molecule has 3 heterocycles. The summed E-state index contributed by atoms with van der Waals surface area (Å²) in [4.78, 5) is 20.6. The number of ether oxygens (including phenoxy) is 1. The molecule has 0 unspecified atom stereocenters. The van der Waals surface area contributed by atoms with Crippen LogP contribution >= 0.6 is 0 Å². The molecule has 1 aromatic heterocycles. The summed E-state index contributed by atoms with van der Waals surface area (Å²) in [6, 6.07) is 6.08. The lowest BCUT2D eigenvalue weighted by Gasteiger charge is -2.37. The highest BCUT2D eigenvalue weighted by atomic mass is 16.5. The molecule has 0 aromatic carbocycles. The Morgan fingerprint density at radius 3 is 3.00 bits per heavy atom. The molecule has 1 amide bonds. The molecule has 5 heteroatoms. The number of hydrogen-bond acceptors (Lipinski definition) is 4. The first-order valence-corrected chi connectivity index (χ1v) is 6.91. The first kappa shape index (κ1) is 13.1. The highest BCUT2D eigenvalue weighted by Crippen LogP contribution is 2.27. The van der Waals surface area contributed by atoms with Gasteiger partial charge in [-0.15, -0.1) is 0 Å². The van der Waals surface area contributed by atoms with Crippen LogP contribution in [0.1, 0.15) is 6.92 Å². The van der Waals surface area contributed by atoms with Gasteiger partial charge in [0, 0.05) is 31.4 Å². The van der Waals surface area contributed by atoms with Crippen LogP contribution < -0.4 is 4.90 Å². The molecule has 0 N–H and O–H groups in total. The standard InChI is InChI=1S/C15H19N3O2/c1-11(2)15(19)17-9-12-13(10-17)20-8-7-18(12)14-5-3-4-6-16-14/h3-6,12-13H,1,7-10H2,2H3/t12-,13-/m0/s1. The van der Waals surface area contributed by atoms with Crippen molar-refractivity contribution >= 4 is 11.7 Å². The van der Waals surface area contributed by atoms with Crippen molar-refractivity contribution in [3.05, 3.63) is 36.5 Å². The van der Waals surface area contributed by atoms with Crippen LogP contribution in [0.15, 0.2) is 36.5 Å². The molecule has 0 radical (unpaired) electrons. The number of likely N-dealkylation sites (tertiary alicyclic amines) is 1. The van der Waals surface area contributed by atoms with Crippen LogP contribution in [0.5, 0.6) is 0 Å². The predicted octanol–water partition coefficient (Wildman–Crippen LogP) is 1.07. The number of anilines is 1. The van der Waals surface area contributed by atoms with Gasteiger partial charge in [0.1, 0.15) is 5.82 Å². The summed E-state index contributed by atoms with van der Waals surface area (Å²) in [5, 5.41) is 0. The molecule has 5 nitrogen and oxygen atoms in total. The van der Waals surface area contributed by atoms with E-state index in [2.05, 4.69) is 16.5 Å². The quantitative estimate of drug-likeness (QED) is 0.756. The van der Waals surface area contributed by atoms with Gasteiger partial charge in [-0.25, -0.2) is 4.98 Å². The number of carbonyl (C=O) groups excluding carboxylic acids is 1. The van der Waals surface area contributed by atoms with E-state index in [-0.39, 0.29) is 18.1 Å². The molecular weight excluding hydrogens is 254 g/mol. The minimum absolute atomic E-state index is 0.0176. The smallest absolute Gasteiger partial charge is 0.249 e. The summed E-state index contributed by atoms with van der Waals surface area (Å²) in [5.74, 6) is 0.972. The predicted molar refractivity (Wildman–Crippen MR) is 76.5 cm³/mol. The average molecular weight is 273 g/mol. The van der Waals surface area contributed by atoms with E-state index in [9.17, 15) is 4.79 Å². The van der Waals surface area contributed by atoms with E-state index >= 15 is 0 Å². The van der Waals surface area contributed by atoms with Gasteiger partial charge in [-0.05, 0) is 19.1 Å². The topological polar surface area (TPSA) is 45.7 Å². The zero-order valence-electron chi connectivity index (χ0n) is 11.7. The molecule has 0 bridgehead atoms. The number of fused-ring (bicyclic) bond motifs is 1. The van der Waals surface area contributed by atoms with Gasteiger partial charge in [-0.2, -0.15) is 0 Å². The van der Waals surface area contributed by atoms with Crippen molar-refractivity contribution < 1.29 is 9.53 Å². The zero-order valence-corrected chi connectivity index (χ0v) is 11.7. The first-order valence-electron chi connectivity index (χ1n) is 6.91. The number of carbonyl (C=O) groups is 1. The van der Waals surface area contributed by atoms with Crippen LogP contribution in [0.4, 0.5) is 5.82 Å². The molecule has 2 fully saturated rings. The third kappa shape index (κ3) is 2.29. The number of aromatic nitrogens is 1. The van der Waals surface area contributed by atoms with Crippen molar-refractivity contribution in [2.75, 3.05) is 31.1 Å². The van der Waals surface area contributed by atoms with E-state index in [0.717, 1.165) is 12.4 Å². The van der Waals surface area contributed by atoms with E-state index in [1.807, 2.05) is 23.1 Å². The first-order chi connectivity index (χ1) is 9.66. The molecule has 20 heavy (non-hydrogen) atoms. The van der Waals surface area contributed by atoms with Crippen LogP contribution in [0.2, 0.25) is 0 Å². The van der Waals surface area contributed by atoms with Gasteiger partial charge >= 0.3 is 0 Å². The van der Waals surface area contributed by atoms with Crippen molar-refractivity contribution in [1.29, 1.82) is 0 Å². The molecule has 0 spiro atoms.